The Bertz CT molecular complexity index is 1460. The van der Waals surface area contributed by atoms with Crippen molar-refractivity contribution in [1.82, 2.24) is 14.1 Å². The normalized spacial score (nSPS) is 10.7. The molecule has 178 valence electrons. The molecule has 35 heavy (non-hydrogen) atoms. The molecule has 4 rings (SSSR count). The summed E-state index contributed by atoms with van der Waals surface area (Å²) < 4.78 is 8.28. The smallest absolute Gasteiger partial charge is 0.335 e. The second-order valence-corrected chi connectivity index (χ2v) is 7.99. The second kappa shape index (κ2) is 10.3. The van der Waals surface area contributed by atoms with Crippen molar-refractivity contribution in [3.63, 3.8) is 0 Å². The largest absolute Gasteiger partial charge is 0.478 e. The number of carboxylic acids is 1. The molecule has 0 aliphatic carbocycles. The predicted octanol–water partition coefficient (Wildman–Crippen LogP) is 4.36. The van der Waals surface area contributed by atoms with Crippen LogP contribution in [0.5, 0.6) is 11.6 Å². The van der Waals surface area contributed by atoms with Crippen LogP contribution < -0.4 is 21.3 Å². The molecule has 0 saturated heterocycles. The summed E-state index contributed by atoms with van der Waals surface area (Å²) in [7, 11) is 0. The topological polar surface area (TPSA) is 115 Å². The minimum absolute atomic E-state index is 0.152. The standard InChI is InChI=1S/C25H21ClN4O5/c1-2-29-23(31)13-21(30(25(29)34)15-16-3-7-18(26)8-4-16)28-19-9-12-22(27-14-19)35-20-10-5-17(6-11-20)24(32)33/h3-14,28H,2,15H2,1H3,(H,32,33). The molecule has 2 aromatic heterocycles. The second-order valence-electron chi connectivity index (χ2n) is 7.55. The van der Waals surface area contributed by atoms with Gasteiger partial charge in [-0.1, -0.05) is 23.7 Å². The van der Waals surface area contributed by atoms with E-state index >= 15 is 0 Å². The molecule has 0 bridgehead atoms. The first-order chi connectivity index (χ1) is 16.8. The van der Waals surface area contributed by atoms with Gasteiger partial charge in [0, 0.05) is 23.7 Å². The van der Waals surface area contributed by atoms with E-state index in [4.69, 9.17) is 21.4 Å². The van der Waals surface area contributed by atoms with Gasteiger partial charge in [-0.25, -0.2) is 14.6 Å². The highest BCUT2D eigenvalue weighted by Gasteiger charge is 2.12. The summed E-state index contributed by atoms with van der Waals surface area (Å²) >= 11 is 5.97. The maximum Gasteiger partial charge on any atom is 0.335 e. The third kappa shape index (κ3) is 5.59. The molecule has 0 spiro atoms. The number of ether oxygens (including phenoxy) is 1. The van der Waals surface area contributed by atoms with Crippen LogP contribution in [-0.4, -0.2) is 25.2 Å². The summed E-state index contributed by atoms with van der Waals surface area (Å²) in [6.07, 6.45) is 1.50. The molecule has 0 fully saturated rings. The van der Waals surface area contributed by atoms with E-state index in [1.807, 2.05) is 12.1 Å². The molecule has 10 heteroatoms. The first-order valence-electron chi connectivity index (χ1n) is 10.7. The van der Waals surface area contributed by atoms with E-state index < -0.39 is 17.2 Å². The van der Waals surface area contributed by atoms with Crippen molar-refractivity contribution in [3.05, 3.63) is 110 Å². The number of hydrogen-bond acceptors (Lipinski definition) is 6. The Morgan fingerprint density at radius 2 is 1.74 bits per heavy atom. The molecule has 0 unspecified atom stereocenters. The lowest BCUT2D eigenvalue weighted by atomic mass is 10.2. The van der Waals surface area contributed by atoms with Crippen LogP contribution in [0.15, 0.2) is 82.5 Å². The monoisotopic (exact) mass is 492 g/mol. The fraction of sp³-hybridized carbons (Fsp3) is 0.120. The number of carboxylic acid groups (broad SMARTS) is 1. The van der Waals surface area contributed by atoms with Gasteiger partial charge in [-0.2, -0.15) is 0 Å². The first kappa shape index (κ1) is 23.8. The van der Waals surface area contributed by atoms with Crippen molar-refractivity contribution in [2.24, 2.45) is 0 Å². The number of nitrogens with zero attached hydrogens (tertiary/aromatic N) is 3. The van der Waals surface area contributed by atoms with Gasteiger partial charge in [0.2, 0.25) is 5.88 Å². The van der Waals surface area contributed by atoms with Crippen molar-refractivity contribution in [2.75, 3.05) is 5.32 Å². The average Bonchev–Trinajstić information content (AvgIpc) is 2.84. The van der Waals surface area contributed by atoms with E-state index in [0.29, 0.717) is 28.2 Å². The van der Waals surface area contributed by atoms with Gasteiger partial charge < -0.3 is 15.2 Å². The number of aromatic nitrogens is 3. The lowest BCUT2D eigenvalue weighted by molar-refractivity contribution is 0.0697. The molecule has 0 atom stereocenters. The fourth-order valence-electron chi connectivity index (χ4n) is 3.38. The molecule has 4 aromatic rings. The SMILES string of the molecule is CCn1c(=O)cc(Nc2ccc(Oc3ccc(C(=O)O)cc3)nc2)n(Cc2ccc(Cl)cc2)c1=O. The minimum atomic E-state index is -1.02. The molecule has 2 aromatic carbocycles. The number of halogens is 1. The van der Waals surface area contributed by atoms with Crippen LogP contribution >= 0.6 is 11.6 Å². The van der Waals surface area contributed by atoms with Crippen LogP contribution in [0.1, 0.15) is 22.8 Å². The molecule has 0 radical (unpaired) electrons. The summed E-state index contributed by atoms with van der Waals surface area (Å²) in [5.41, 5.74) is 0.688. The minimum Gasteiger partial charge on any atom is -0.478 e. The maximum absolute atomic E-state index is 13.0. The number of aromatic carboxylic acids is 1. The summed E-state index contributed by atoms with van der Waals surface area (Å²) in [5, 5.41) is 12.7. The number of rotatable bonds is 8. The van der Waals surface area contributed by atoms with Gasteiger partial charge in [0.15, 0.2) is 0 Å². The molecule has 2 heterocycles. The van der Waals surface area contributed by atoms with Crippen LogP contribution in [0.3, 0.4) is 0 Å². The number of nitrogens with one attached hydrogen (secondary N) is 1. The van der Waals surface area contributed by atoms with Crippen molar-refractivity contribution in [3.8, 4) is 11.6 Å². The zero-order valence-electron chi connectivity index (χ0n) is 18.6. The Hall–Kier alpha value is -4.37. The number of carbonyl (C=O) groups is 1. The zero-order chi connectivity index (χ0) is 24.9. The molecule has 0 amide bonds. The summed E-state index contributed by atoms with van der Waals surface area (Å²) in [4.78, 5) is 40.7. The van der Waals surface area contributed by atoms with Gasteiger partial charge in [-0.15, -0.1) is 0 Å². The molecule has 2 N–H and O–H groups in total. The van der Waals surface area contributed by atoms with Gasteiger partial charge in [-0.3, -0.25) is 13.9 Å². The van der Waals surface area contributed by atoms with E-state index in [-0.39, 0.29) is 18.7 Å². The first-order valence-corrected chi connectivity index (χ1v) is 11.0. The number of benzene rings is 2. The average molecular weight is 493 g/mol. The van der Waals surface area contributed by atoms with Gasteiger partial charge in [0.05, 0.1) is 24.0 Å². The van der Waals surface area contributed by atoms with Gasteiger partial charge >= 0.3 is 11.7 Å². The highest BCUT2D eigenvalue weighted by Crippen LogP contribution is 2.22. The van der Waals surface area contributed by atoms with Crippen LogP contribution in [-0.2, 0) is 13.1 Å². The van der Waals surface area contributed by atoms with E-state index in [1.165, 1.54) is 41.1 Å². The number of hydrogen-bond donors (Lipinski definition) is 2. The summed E-state index contributed by atoms with van der Waals surface area (Å²) in [6.45, 7) is 2.22. The molecular formula is C25H21ClN4O5. The van der Waals surface area contributed by atoms with Crippen molar-refractivity contribution in [2.45, 2.75) is 20.0 Å². The summed E-state index contributed by atoms with van der Waals surface area (Å²) in [5.74, 6) is 0.0207. The fourth-order valence-corrected chi connectivity index (χ4v) is 3.51. The molecular weight excluding hydrogens is 472 g/mol. The van der Waals surface area contributed by atoms with Crippen LogP contribution in [0.25, 0.3) is 0 Å². The number of pyridine rings is 1. The van der Waals surface area contributed by atoms with E-state index in [9.17, 15) is 14.4 Å². The lowest BCUT2D eigenvalue weighted by Gasteiger charge is -2.16. The van der Waals surface area contributed by atoms with Crippen LogP contribution in [0.2, 0.25) is 5.02 Å². The van der Waals surface area contributed by atoms with Crippen LogP contribution in [0, 0.1) is 0 Å². The Morgan fingerprint density at radius 1 is 1.03 bits per heavy atom. The molecule has 0 saturated carbocycles. The Kier molecular flexibility index (Phi) is 6.98. The summed E-state index contributed by atoms with van der Waals surface area (Å²) in [6, 6.07) is 17.7. The quantitative estimate of drug-likeness (QED) is 0.375. The Balaban J connectivity index is 1.58. The molecule has 0 aliphatic heterocycles. The third-order valence-corrected chi connectivity index (χ3v) is 5.43. The zero-order valence-corrected chi connectivity index (χ0v) is 19.4. The van der Waals surface area contributed by atoms with Gasteiger partial charge in [0.1, 0.15) is 11.6 Å². The lowest BCUT2D eigenvalue weighted by Crippen LogP contribution is -2.40. The van der Waals surface area contributed by atoms with Gasteiger partial charge in [-0.05, 0) is 55.0 Å². The highest BCUT2D eigenvalue weighted by atomic mass is 35.5. The van der Waals surface area contributed by atoms with Crippen molar-refractivity contribution in [1.29, 1.82) is 0 Å². The highest BCUT2D eigenvalue weighted by molar-refractivity contribution is 6.30. The van der Waals surface area contributed by atoms with Gasteiger partial charge in [0.25, 0.3) is 5.56 Å². The Labute approximate surface area is 204 Å². The molecule has 0 aliphatic rings. The molecule has 9 nitrogen and oxygen atoms in total. The van der Waals surface area contributed by atoms with Crippen molar-refractivity contribution >= 4 is 29.1 Å². The van der Waals surface area contributed by atoms with Crippen LogP contribution in [0.4, 0.5) is 11.5 Å². The third-order valence-electron chi connectivity index (χ3n) is 5.18. The van der Waals surface area contributed by atoms with E-state index in [1.54, 1.807) is 31.2 Å². The Morgan fingerprint density at radius 3 is 2.34 bits per heavy atom. The maximum atomic E-state index is 13.0. The van der Waals surface area contributed by atoms with E-state index in [0.717, 1.165) is 10.1 Å². The van der Waals surface area contributed by atoms with Crippen molar-refractivity contribution < 1.29 is 14.6 Å². The van der Waals surface area contributed by atoms with E-state index in [2.05, 4.69) is 10.3 Å². The number of anilines is 2. The predicted molar refractivity (Wildman–Crippen MR) is 132 cm³/mol.